The molecule has 108 valence electrons. The number of carbonyl (C=O) groups excluding carboxylic acids is 1. The summed E-state index contributed by atoms with van der Waals surface area (Å²) in [6.45, 7) is 0. The molecule has 0 aliphatic carbocycles. The number of nitrogens with one attached hydrogen (secondary N) is 3. The summed E-state index contributed by atoms with van der Waals surface area (Å²) in [5.74, 6) is -0.0983. The monoisotopic (exact) mass is 283 g/mol. The first kappa shape index (κ1) is 13.6. The number of para-hydroxylation sites is 2. The quantitative estimate of drug-likeness (QED) is 0.650. The van der Waals surface area contributed by atoms with Gasteiger partial charge < -0.3 is 10.4 Å². The Labute approximate surface area is 123 Å². The summed E-state index contributed by atoms with van der Waals surface area (Å²) in [5, 5.41) is 12.4. The lowest BCUT2D eigenvalue weighted by molar-refractivity contribution is -0.117. The molecule has 1 aliphatic rings. The van der Waals surface area contributed by atoms with Crippen LogP contribution in [0, 0.1) is 0 Å². The highest BCUT2D eigenvalue weighted by Crippen LogP contribution is 2.25. The van der Waals surface area contributed by atoms with Crippen LogP contribution in [0.1, 0.15) is 18.0 Å². The average molecular weight is 283 g/mol. The molecule has 0 bridgehead atoms. The molecule has 2 atom stereocenters. The van der Waals surface area contributed by atoms with Crippen molar-refractivity contribution in [3.63, 3.8) is 0 Å². The average Bonchev–Trinajstić information content (AvgIpc) is 3.00. The van der Waals surface area contributed by atoms with Crippen LogP contribution < -0.4 is 16.2 Å². The second-order valence-corrected chi connectivity index (χ2v) is 5.05. The minimum absolute atomic E-state index is 0.0661. The lowest BCUT2D eigenvalue weighted by Gasteiger charge is -2.11. The molecule has 21 heavy (non-hydrogen) atoms. The molecule has 0 radical (unpaired) electrons. The Hall–Kier alpha value is -2.37. The highest BCUT2D eigenvalue weighted by atomic mass is 16.3. The van der Waals surface area contributed by atoms with E-state index >= 15 is 0 Å². The Kier molecular flexibility index (Phi) is 3.85. The van der Waals surface area contributed by atoms with Crippen molar-refractivity contribution in [1.82, 2.24) is 10.9 Å². The summed E-state index contributed by atoms with van der Waals surface area (Å²) >= 11 is 0. The van der Waals surface area contributed by atoms with Gasteiger partial charge in [-0.15, -0.1) is 0 Å². The van der Waals surface area contributed by atoms with Gasteiger partial charge in [0.05, 0.1) is 5.69 Å². The van der Waals surface area contributed by atoms with Gasteiger partial charge in [-0.05, 0) is 24.1 Å². The van der Waals surface area contributed by atoms with Gasteiger partial charge >= 0.3 is 0 Å². The zero-order valence-electron chi connectivity index (χ0n) is 11.4. The SMILES string of the molecule is O=C(Nc1ccccc1O)C1CC(c2ccccc2)NN1. The van der Waals surface area contributed by atoms with Crippen molar-refractivity contribution in [3.8, 4) is 5.75 Å². The molecule has 2 aromatic carbocycles. The molecule has 5 heteroatoms. The van der Waals surface area contributed by atoms with E-state index in [0.29, 0.717) is 12.1 Å². The minimum atomic E-state index is -0.338. The molecule has 1 heterocycles. The molecule has 3 rings (SSSR count). The third kappa shape index (κ3) is 3.04. The number of hydrazine groups is 1. The van der Waals surface area contributed by atoms with E-state index in [2.05, 4.69) is 16.2 Å². The van der Waals surface area contributed by atoms with Crippen LogP contribution in [0.2, 0.25) is 0 Å². The topological polar surface area (TPSA) is 73.4 Å². The van der Waals surface area contributed by atoms with Crippen molar-refractivity contribution in [3.05, 3.63) is 60.2 Å². The molecule has 2 unspecified atom stereocenters. The molecule has 1 saturated heterocycles. The molecular weight excluding hydrogens is 266 g/mol. The second-order valence-electron chi connectivity index (χ2n) is 5.05. The van der Waals surface area contributed by atoms with E-state index in [1.165, 1.54) is 0 Å². The zero-order valence-corrected chi connectivity index (χ0v) is 11.4. The van der Waals surface area contributed by atoms with Gasteiger partial charge in [-0.25, -0.2) is 10.9 Å². The van der Waals surface area contributed by atoms with Gasteiger partial charge in [0.1, 0.15) is 11.8 Å². The van der Waals surface area contributed by atoms with E-state index in [-0.39, 0.29) is 23.7 Å². The van der Waals surface area contributed by atoms with Crippen LogP contribution in [0.15, 0.2) is 54.6 Å². The van der Waals surface area contributed by atoms with E-state index in [9.17, 15) is 9.90 Å². The highest BCUT2D eigenvalue weighted by Gasteiger charge is 2.30. The molecule has 0 saturated carbocycles. The molecule has 4 N–H and O–H groups in total. The van der Waals surface area contributed by atoms with Gasteiger partial charge in [0.15, 0.2) is 0 Å². The van der Waals surface area contributed by atoms with Gasteiger partial charge in [0, 0.05) is 6.04 Å². The van der Waals surface area contributed by atoms with Gasteiger partial charge in [0.2, 0.25) is 5.91 Å². The number of rotatable bonds is 3. The summed E-state index contributed by atoms with van der Waals surface area (Å²) in [4.78, 5) is 12.2. The molecule has 0 spiro atoms. The number of phenols is 1. The van der Waals surface area contributed by atoms with Crippen LogP contribution in [-0.4, -0.2) is 17.1 Å². The molecule has 1 amide bonds. The maximum Gasteiger partial charge on any atom is 0.243 e. The standard InChI is InChI=1S/C16H17N3O2/c20-15-9-5-4-8-12(15)17-16(21)14-10-13(18-19-14)11-6-2-1-3-7-11/h1-9,13-14,18-20H,10H2,(H,17,21). The van der Waals surface area contributed by atoms with Crippen LogP contribution in [0.3, 0.4) is 0 Å². The normalized spacial score (nSPS) is 21.1. The fourth-order valence-electron chi connectivity index (χ4n) is 2.43. The fourth-order valence-corrected chi connectivity index (χ4v) is 2.43. The third-order valence-corrected chi connectivity index (χ3v) is 3.58. The lowest BCUT2D eigenvalue weighted by atomic mass is 10.0. The molecule has 0 aromatic heterocycles. The first-order chi connectivity index (χ1) is 10.2. The number of hydrogen-bond acceptors (Lipinski definition) is 4. The Morgan fingerprint density at radius 2 is 1.76 bits per heavy atom. The van der Waals surface area contributed by atoms with Crippen LogP contribution >= 0.6 is 0 Å². The van der Waals surface area contributed by atoms with Gasteiger partial charge in [-0.3, -0.25) is 4.79 Å². The zero-order chi connectivity index (χ0) is 14.7. The predicted octanol–water partition coefficient (Wildman–Crippen LogP) is 1.94. The van der Waals surface area contributed by atoms with E-state index in [0.717, 1.165) is 5.56 Å². The third-order valence-electron chi connectivity index (χ3n) is 3.58. The second kappa shape index (κ2) is 5.95. The van der Waals surface area contributed by atoms with Crippen molar-refractivity contribution in [2.75, 3.05) is 5.32 Å². The van der Waals surface area contributed by atoms with Crippen LogP contribution in [0.25, 0.3) is 0 Å². The minimum Gasteiger partial charge on any atom is -0.506 e. The van der Waals surface area contributed by atoms with Gasteiger partial charge in [-0.1, -0.05) is 42.5 Å². The largest absolute Gasteiger partial charge is 0.506 e. The number of aromatic hydroxyl groups is 1. The number of anilines is 1. The summed E-state index contributed by atoms with van der Waals surface area (Å²) in [6, 6.07) is 16.4. The number of amides is 1. The van der Waals surface area contributed by atoms with E-state index in [1.54, 1.807) is 24.3 Å². The smallest absolute Gasteiger partial charge is 0.243 e. The molecule has 1 aliphatic heterocycles. The summed E-state index contributed by atoms with van der Waals surface area (Å²) in [5.41, 5.74) is 7.70. The Morgan fingerprint density at radius 3 is 2.52 bits per heavy atom. The Balaban J connectivity index is 1.64. The summed E-state index contributed by atoms with van der Waals surface area (Å²) < 4.78 is 0. The maximum absolute atomic E-state index is 12.2. The van der Waals surface area contributed by atoms with E-state index in [1.807, 2.05) is 30.3 Å². The number of benzene rings is 2. The fraction of sp³-hybridized carbons (Fsp3) is 0.188. The Bertz CT molecular complexity index is 630. The first-order valence-corrected chi connectivity index (χ1v) is 6.89. The Morgan fingerprint density at radius 1 is 1.05 bits per heavy atom. The summed E-state index contributed by atoms with van der Waals surface area (Å²) in [7, 11) is 0. The van der Waals surface area contributed by atoms with E-state index < -0.39 is 0 Å². The van der Waals surface area contributed by atoms with Crippen LogP contribution in [0.4, 0.5) is 5.69 Å². The van der Waals surface area contributed by atoms with E-state index in [4.69, 9.17) is 0 Å². The van der Waals surface area contributed by atoms with Crippen molar-refractivity contribution < 1.29 is 9.90 Å². The van der Waals surface area contributed by atoms with Gasteiger partial charge in [-0.2, -0.15) is 0 Å². The number of phenolic OH excluding ortho intramolecular Hbond substituents is 1. The number of hydrogen-bond donors (Lipinski definition) is 4. The predicted molar refractivity (Wildman–Crippen MR) is 80.6 cm³/mol. The number of carbonyl (C=O) groups is 1. The highest BCUT2D eigenvalue weighted by molar-refractivity contribution is 5.96. The van der Waals surface area contributed by atoms with Crippen molar-refractivity contribution in [2.45, 2.75) is 18.5 Å². The maximum atomic E-state index is 12.2. The lowest BCUT2D eigenvalue weighted by Crippen LogP contribution is -2.39. The van der Waals surface area contributed by atoms with Crippen molar-refractivity contribution in [1.29, 1.82) is 0 Å². The van der Waals surface area contributed by atoms with Gasteiger partial charge in [0.25, 0.3) is 0 Å². The molecular formula is C16H17N3O2. The summed E-state index contributed by atoms with van der Waals surface area (Å²) in [6.07, 6.45) is 0.656. The van der Waals surface area contributed by atoms with Crippen molar-refractivity contribution >= 4 is 11.6 Å². The molecule has 5 nitrogen and oxygen atoms in total. The van der Waals surface area contributed by atoms with Crippen LogP contribution in [0.5, 0.6) is 5.75 Å². The van der Waals surface area contributed by atoms with Crippen LogP contribution in [-0.2, 0) is 4.79 Å². The van der Waals surface area contributed by atoms with Crippen molar-refractivity contribution in [2.24, 2.45) is 0 Å². The first-order valence-electron chi connectivity index (χ1n) is 6.89. The molecule has 1 fully saturated rings. The molecule has 2 aromatic rings.